The molecular weight excluding hydrogens is 434 g/mol. The van der Waals surface area contributed by atoms with Gasteiger partial charge in [0.1, 0.15) is 5.75 Å². The Bertz CT molecular complexity index is 836. The van der Waals surface area contributed by atoms with Crippen LogP contribution < -0.4 is 10.1 Å². The lowest BCUT2D eigenvalue weighted by Gasteiger charge is -2.26. The Labute approximate surface area is 171 Å². The van der Waals surface area contributed by atoms with E-state index < -0.39 is 11.6 Å². The van der Waals surface area contributed by atoms with E-state index in [4.69, 9.17) is 21.4 Å². The van der Waals surface area contributed by atoms with E-state index in [1.807, 2.05) is 19.1 Å². The molecule has 27 heavy (non-hydrogen) atoms. The Hall–Kier alpha value is -2.05. The molecule has 144 valence electrons. The summed E-state index contributed by atoms with van der Waals surface area (Å²) in [5, 5.41) is 12.1. The maximum atomic E-state index is 12.6. The summed E-state index contributed by atoms with van der Waals surface area (Å²) in [6.45, 7) is 5.16. The van der Waals surface area contributed by atoms with Crippen molar-refractivity contribution in [3.63, 3.8) is 0 Å². The van der Waals surface area contributed by atoms with Gasteiger partial charge in [-0.15, -0.1) is 0 Å². The SMILES string of the molecule is CC(CC(=O)O)c1ccc(NC(=O)C(C)(C)Oc2ccc(Br)cc2Cl)cc1. The van der Waals surface area contributed by atoms with Gasteiger partial charge < -0.3 is 15.2 Å². The summed E-state index contributed by atoms with van der Waals surface area (Å²) in [7, 11) is 0. The standard InChI is InChI=1S/C20H21BrClNO4/c1-12(10-18(24)25)13-4-7-15(8-5-13)23-19(26)20(2,3)27-17-9-6-14(21)11-16(17)22/h4-9,11-12H,10H2,1-3H3,(H,23,26)(H,24,25). The van der Waals surface area contributed by atoms with Crippen LogP contribution in [0.2, 0.25) is 5.02 Å². The first-order valence-corrected chi connectivity index (χ1v) is 9.53. The molecule has 2 N–H and O–H groups in total. The van der Waals surface area contributed by atoms with E-state index in [-0.39, 0.29) is 18.2 Å². The third kappa shape index (κ3) is 5.97. The van der Waals surface area contributed by atoms with Crippen LogP contribution in [0.15, 0.2) is 46.9 Å². The summed E-state index contributed by atoms with van der Waals surface area (Å²) in [4.78, 5) is 23.4. The van der Waals surface area contributed by atoms with Crippen LogP contribution in [0.1, 0.15) is 38.7 Å². The molecule has 2 rings (SSSR count). The fourth-order valence-corrected chi connectivity index (χ4v) is 3.15. The highest BCUT2D eigenvalue weighted by Crippen LogP contribution is 2.31. The molecule has 1 unspecified atom stereocenters. The van der Waals surface area contributed by atoms with Crippen molar-refractivity contribution in [3.05, 3.63) is 57.5 Å². The molecule has 0 saturated heterocycles. The van der Waals surface area contributed by atoms with Crippen LogP contribution in [-0.2, 0) is 9.59 Å². The number of aliphatic carboxylic acids is 1. The lowest BCUT2D eigenvalue weighted by Crippen LogP contribution is -2.42. The summed E-state index contributed by atoms with van der Waals surface area (Å²) in [5.74, 6) is -0.859. The Morgan fingerprint density at radius 2 is 1.85 bits per heavy atom. The van der Waals surface area contributed by atoms with Gasteiger partial charge in [0.25, 0.3) is 5.91 Å². The average molecular weight is 455 g/mol. The molecule has 0 aliphatic rings. The molecule has 0 fully saturated rings. The summed E-state index contributed by atoms with van der Waals surface area (Å²) >= 11 is 9.48. The zero-order chi connectivity index (χ0) is 20.2. The fraction of sp³-hybridized carbons (Fsp3) is 0.300. The number of carboxylic acids is 1. The van der Waals surface area contributed by atoms with Crippen LogP contribution in [0.25, 0.3) is 0 Å². The third-order valence-corrected chi connectivity index (χ3v) is 4.81. The molecule has 5 nitrogen and oxygen atoms in total. The number of anilines is 1. The number of hydrogen-bond acceptors (Lipinski definition) is 3. The first-order valence-electron chi connectivity index (χ1n) is 8.36. The summed E-state index contributed by atoms with van der Waals surface area (Å²) in [6.07, 6.45) is 0.0561. The number of halogens is 2. The van der Waals surface area contributed by atoms with E-state index in [1.54, 1.807) is 44.2 Å². The largest absolute Gasteiger partial charge is 0.481 e. The zero-order valence-electron chi connectivity index (χ0n) is 15.3. The number of carbonyl (C=O) groups is 2. The van der Waals surface area contributed by atoms with Crippen LogP contribution in [-0.4, -0.2) is 22.6 Å². The molecule has 0 radical (unpaired) electrons. The van der Waals surface area contributed by atoms with E-state index in [1.165, 1.54) is 0 Å². The van der Waals surface area contributed by atoms with Crippen molar-refractivity contribution in [2.75, 3.05) is 5.32 Å². The van der Waals surface area contributed by atoms with E-state index in [9.17, 15) is 9.59 Å². The van der Waals surface area contributed by atoms with Crippen molar-refractivity contribution in [2.45, 2.75) is 38.7 Å². The quantitative estimate of drug-likeness (QED) is 0.581. The van der Waals surface area contributed by atoms with E-state index in [0.29, 0.717) is 16.5 Å². The first-order chi connectivity index (χ1) is 12.6. The van der Waals surface area contributed by atoms with Crippen molar-refractivity contribution in [3.8, 4) is 5.75 Å². The second kappa shape index (κ2) is 8.76. The molecule has 0 aliphatic carbocycles. The molecule has 0 spiro atoms. The van der Waals surface area contributed by atoms with Gasteiger partial charge >= 0.3 is 5.97 Å². The maximum Gasteiger partial charge on any atom is 0.303 e. The molecule has 0 bridgehead atoms. The van der Waals surface area contributed by atoms with Crippen molar-refractivity contribution in [1.82, 2.24) is 0 Å². The average Bonchev–Trinajstić information content (AvgIpc) is 2.57. The smallest absolute Gasteiger partial charge is 0.303 e. The number of carboxylic acid groups (broad SMARTS) is 1. The number of amides is 1. The number of ether oxygens (including phenoxy) is 1. The van der Waals surface area contributed by atoms with Gasteiger partial charge in [-0.2, -0.15) is 0 Å². The van der Waals surface area contributed by atoms with Gasteiger partial charge in [-0.05, 0) is 55.7 Å². The highest BCUT2D eigenvalue weighted by molar-refractivity contribution is 9.10. The number of carbonyl (C=O) groups excluding carboxylic acids is 1. The predicted molar refractivity (Wildman–Crippen MR) is 110 cm³/mol. The normalized spacial score (nSPS) is 12.3. The molecule has 1 atom stereocenters. The molecule has 0 aliphatic heterocycles. The van der Waals surface area contributed by atoms with Crippen molar-refractivity contribution >= 4 is 45.1 Å². The topological polar surface area (TPSA) is 75.6 Å². The number of rotatable bonds is 7. The Kier molecular flexibility index (Phi) is 6.89. The molecule has 0 saturated carbocycles. The van der Waals surface area contributed by atoms with Gasteiger partial charge in [-0.25, -0.2) is 0 Å². The first kappa shape index (κ1) is 21.3. The highest BCUT2D eigenvalue weighted by Gasteiger charge is 2.31. The second-order valence-electron chi connectivity index (χ2n) is 6.76. The van der Waals surface area contributed by atoms with E-state index in [2.05, 4.69) is 21.2 Å². The van der Waals surface area contributed by atoms with E-state index >= 15 is 0 Å². The van der Waals surface area contributed by atoms with Crippen LogP contribution >= 0.6 is 27.5 Å². The Morgan fingerprint density at radius 3 is 2.41 bits per heavy atom. The van der Waals surface area contributed by atoms with Gasteiger partial charge in [0, 0.05) is 10.2 Å². The van der Waals surface area contributed by atoms with Crippen LogP contribution in [0.4, 0.5) is 5.69 Å². The van der Waals surface area contributed by atoms with Crippen molar-refractivity contribution in [2.24, 2.45) is 0 Å². The lowest BCUT2D eigenvalue weighted by molar-refractivity contribution is -0.137. The predicted octanol–water partition coefficient (Wildman–Crippen LogP) is 5.48. The number of nitrogens with one attached hydrogen (secondary N) is 1. The Balaban J connectivity index is 2.05. The molecular formula is C20H21BrClNO4. The summed E-state index contributed by atoms with van der Waals surface area (Å²) in [5.41, 5.74) is 0.352. The molecule has 7 heteroatoms. The van der Waals surface area contributed by atoms with Gasteiger partial charge in [-0.1, -0.05) is 46.6 Å². The second-order valence-corrected chi connectivity index (χ2v) is 8.09. The number of hydrogen-bond donors (Lipinski definition) is 2. The van der Waals surface area contributed by atoms with Crippen LogP contribution in [0.5, 0.6) is 5.75 Å². The van der Waals surface area contributed by atoms with Crippen LogP contribution in [0.3, 0.4) is 0 Å². The number of benzene rings is 2. The highest BCUT2D eigenvalue weighted by atomic mass is 79.9. The fourth-order valence-electron chi connectivity index (χ4n) is 2.44. The minimum absolute atomic E-state index is 0.0561. The molecule has 2 aromatic carbocycles. The van der Waals surface area contributed by atoms with Gasteiger partial charge in [0.2, 0.25) is 0 Å². The van der Waals surface area contributed by atoms with Gasteiger partial charge in [-0.3, -0.25) is 9.59 Å². The molecule has 2 aromatic rings. The lowest BCUT2D eigenvalue weighted by atomic mass is 9.97. The summed E-state index contributed by atoms with van der Waals surface area (Å²) < 4.78 is 6.62. The van der Waals surface area contributed by atoms with Crippen molar-refractivity contribution in [1.29, 1.82) is 0 Å². The van der Waals surface area contributed by atoms with Crippen LogP contribution in [0, 0.1) is 0 Å². The Morgan fingerprint density at radius 1 is 1.22 bits per heavy atom. The maximum absolute atomic E-state index is 12.6. The van der Waals surface area contributed by atoms with Gasteiger partial charge in [0.05, 0.1) is 11.4 Å². The zero-order valence-corrected chi connectivity index (χ0v) is 17.6. The third-order valence-electron chi connectivity index (χ3n) is 4.02. The summed E-state index contributed by atoms with van der Waals surface area (Å²) in [6, 6.07) is 12.3. The minimum atomic E-state index is -1.15. The van der Waals surface area contributed by atoms with E-state index in [0.717, 1.165) is 10.0 Å². The minimum Gasteiger partial charge on any atom is -0.481 e. The van der Waals surface area contributed by atoms with Crippen molar-refractivity contribution < 1.29 is 19.4 Å². The molecule has 0 heterocycles. The monoisotopic (exact) mass is 453 g/mol. The molecule has 0 aromatic heterocycles. The molecule has 1 amide bonds. The van der Waals surface area contributed by atoms with Gasteiger partial charge in [0.15, 0.2) is 5.60 Å².